The maximum Gasteiger partial charge on any atom is 0.227 e. The Bertz CT molecular complexity index is 268. The third-order valence-electron chi connectivity index (χ3n) is 3.86. The fourth-order valence-electron chi connectivity index (χ4n) is 2.57. The summed E-state index contributed by atoms with van der Waals surface area (Å²) in [6, 6.07) is -0.201. The first-order chi connectivity index (χ1) is 7.90. The fraction of sp³-hybridized carbons (Fsp3) is 0.923. The molecule has 1 fully saturated rings. The number of aliphatic hydroxyl groups is 1. The van der Waals surface area contributed by atoms with Gasteiger partial charge in [-0.1, -0.05) is 20.3 Å². The third kappa shape index (κ3) is 3.42. The second kappa shape index (κ2) is 5.83. The molecule has 1 aliphatic carbocycles. The maximum atomic E-state index is 12.2. The molecule has 4 heteroatoms. The van der Waals surface area contributed by atoms with Crippen molar-refractivity contribution in [3.05, 3.63) is 0 Å². The van der Waals surface area contributed by atoms with E-state index in [0.29, 0.717) is 5.92 Å². The van der Waals surface area contributed by atoms with E-state index in [1.165, 1.54) is 0 Å². The van der Waals surface area contributed by atoms with E-state index in [1.54, 1.807) is 0 Å². The van der Waals surface area contributed by atoms with Crippen LogP contribution in [0.5, 0.6) is 0 Å². The zero-order valence-electron chi connectivity index (χ0n) is 11.2. The summed E-state index contributed by atoms with van der Waals surface area (Å²) in [5, 5.41) is 12.2. The molecule has 17 heavy (non-hydrogen) atoms. The minimum absolute atomic E-state index is 0.00204. The number of nitrogens with two attached hydrogens (primary N) is 1. The van der Waals surface area contributed by atoms with Crippen LogP contribution in [0.25, 0.3) is 0 Å². The van der Waals surface area contributed by atoms with Crippen molar-refractivity contribution >= 4 is 5.91 Å². The molecule has 1 amide bonds. The molecule has 0 aromatic carbocycles. The van der Waals surface area contributed by atoms with Gasteiger partial charge in [-0.15, -0.1) is 0 Å². The van der Waals surface area contributed by atoms with Gasteiger partial charge in [-0.2, -0.15) is 0 Å². The lowest BCUT2D eigenvalue weighted by Gasteiger charge is -2.30. The Morgan fingerprint density at radius 3 is 2.65 bits per heavy atom. The topological polar surface area (TPSA) is 75.3 Å². The van der Waals surface area contributed by atoms with Gasteiger partial charge in [0.25, 0.3) is 0 Å². The molecule has 0 bridgehead atoms. The number of rotatable bonds is 5. The Kier molecular flexibility index (Phi) is 4.95. The molecule has 4 N–H and O–H groups in total. The van der Waals surface area contributed by atoms with Crippen LogP contribution in [-0.4, -0.2) is 29.7 Å². The minimum Gasteiger partial charge on any atom is -0.394 e. The van der Waals surface area contributed by atoms with E-state index in [9.17, 15) is 9.90 Å². The molecular weight excluding hydrogens is 216 g/mol. The zero-order chi connectivity index (χ0) is 13.1. The van der Waals surface area contributed by atoms with Crippen LogP contribution < -0.4 is 11.1 Å². The Hall–Kier alpha value is -0.610. The second-order valence-corrected chi connectivity index (χ2v) is 5.90. The van der Waals surface area contributed by atoms with E-state index in [2.05, 4.69) is 19.2 Å². The van der Waals surface area contributed by atoms with Crippen LogP contribution in [0.1, 0.15) is 46.5 Å². The molecule has 3 atom stereocenters. The highest BCUT2D eigenvalue weighted by atomic mass is 16.3. The van der Waals surface area contributed by atoms with Gasteiger partial charge in [-0.3, -0.25) is 4.79 Å². The first-order valence-corrected chi connectivity index (χ1v) is 6.57. The number of carbonyl (C=O) groups is 1. The van der Waals surface area contributed by atoms with Gasteiger partial charge in [0.05, 0.1) is 18.1 Å². The van der Waals surface area contributed by atoms with Gasteiger partial charge in [-0.25, -0.2) is 0 Å². The lowest BCUT2D eigenvalue weighted by Crippen LogP contribution is -2.51. The number of nitrogens with one attached hydrogen (secondary N) is 1. The van der Waals surface area contributed by atoms with Crippen molar-refractivity contribution < 1.29 is 9.90 Å². The van der Waals surface area contributed by atoms with Crippen molar-refractivity contribution in [1.82, 2.24) is 5.32 Å². The van der Waals surface area contributed by atoms with Crippen molar-refractivity contribution in [1.29, 1.82) is 0 Å². The number of carbonyl (C=O) groups excluding carboxylic acids is 1. The van der Waals surface area contributed by atoms with Gasteiger partial charge in [0, 0.05) is 6.04 Å². The van der Waals surface area contributed by atoms with Crippen LogP contribution in [-0.2, 0) is 4.79 Å². The second-order valence-electron chi connectivity index (χ2n) is 5.90. The van der Waals surface area contributed by atoms with Crippen molar-refractivity contribution in [3.63, 3.8) is 0 Å². The molecule has 0 spiro atoms. The molecule has 0 heterocycles. The van der Waals surface area contributed by atoms with Crippen LogP contribution >= 0.6 is 0 Å². The molecule has 4 nitrogen and oxygen atoms in total. The van der Waals surface area contributed by atoms with Crippen molar-refractivity contribution in [2.24, 2.45) is 17.1 Å². The average molecular weight is 242 g/mol. The Morgan fingerprint density at radius 2 is 2.24 bits per heavy atom. The molecule has 0 radical (unpaired) electrons. The summed E-state index contributed by atoms with van der Waals surface area (Å²) in [4.78, 5) is 12.2. The predicted molar refractivity (Wildman–Crippen MR) is 68.4 cm³/mol. The smallest absolute Gasteiger partial charge is 0.227 e. The van der Waals surface area contributed by atoms with Gasteiger partial charge in [-0.05, 0) is 32.1 Å². The van der Waals surface area contributed by atoms with Crippen molar-refractivity contribution in [3.8, 4) is 0 Å². The largest absolute Gasteiger partial charge is 0.394 e. The van der Waals surface area contributed by atoms with E-state index in [0.717, 1.165) is 25.7 Å². The van der Waals surface area contributed by atoms with Crippen LogP contribution in [0.3, 0.4) is 0 Å². The highest BCUT2D eigenvalue weighted by molar-refractivity contribution is 5.83. The van der Waals surface area contributed by atoms with Gasteiger partial charge in [0.15, 0.2) is 0 Å². The third-order valence-corrected chi connectivity index (χ3v) is 3.86. The van der Waals surface area contributed by atoms with Gasteiger partial charge >= 0.3 is 0 Å². The van der Waals surface area contributed by atoms with E-state index in [4.69, 9.17) is 5.73 Å². The fourth-order valence-corrected chi connectivity index (χ4v) is 2.57. The summed E-state index contributed by atoms with van der Waals surface area (Å²) < 4.78 is 0. The summed E-state index contributed by atoms with van der Waals surface area (Å²) in [5.41, 5.74) is 5.56. The molecule has 3 unspecified atom stereocenters. The molecule has 0 aliphatic heterocycles. The monoisotopic (exact) mass is 242 g/mol. The Balaban J connectivity index is 2.58. The van der Waals surface area contributed by atoms with E-state index in [1.807, 2.05) is 6.92 Å². The van der Waals surface area contributed by atoms with Crippen molar-refractivity contribution in [2.45, 2.75) is 58.5 Å². The molecule has 1 saturated carbocycles. The average Bonchev–Trinajstić information content (AvgIpc) is 2.59. The summed E-state index contributed by atoms with van der Waals surface area (Å²) in [5.74, 6) is 0.458. The SMILES string of the molecule is CC(C)CC(CO)NC(=O)C1(C)CCCC1N. The van der Waals surface area contributed by atoms with Crippen molar-refractivity contribution in [2.75, 3.05) is 6.61 Å². The summed E-state index contributed by atoms with van der Waals surface area (Å²) >= 11 is 0. The van der Waals surface area contributed by atoms with E-state index in [-0.39, 0.29) is 24.6 Å². The normalized spacial score (nSPS) is 30.6. The highest BCUT2D eigenvalue weighted by Crippen LogP contribution is 2.36. The number of amides is 1. The number of aliphatic hydroxyl groups excluding tert-OH is 1. The maximum absolute atomic E-state index is 12.2. The molecule has 0 aromatic heterocycles. The van der Waals surface area contributed by atoms with Crippen LogP contribution in [0.2, 0.25) is 0 Å². The first-order valence-electron chi connectivity index (χ1n) is 6.57. The quantitative estimate of drug-likeness (QED) is 0.674. The highest BCUT2D eigenvalue weighted by Gasteiger charge is 2.43. The number of hydrogen-bond acceptors (Lipinski definition) is 3. The van der Waals surface area contributed by atoms with Gasteiger partial charge in [0.2, 0.25) is 5.91 Å². The predicted octanol–water partition coefficient (Wildman–Crippen LogP) is 1.03. The molecule has 0 saturated heterocycles. The molecule has 0 aromatic rings. The van der Waals surface area contributed by atoms with Gasteiger partial charge in [0.1, 0.15) is 0 Å². The molecule has 1 rings (SSSR count). The standard InChI is InChI=1S/C13H26N2O2/c1-9(2)7-10(8-16)15-12(17)13(3)6-4-5-11(13)14/h9-11,16H,4-8,14H2,1-3H3,(H,15,17). The van der Waals surface area contributed by atoms with Crippen LogP contribution in [0, 0.1) is 11.3 Å². The van der Waals surface area contributed by atoms with Gasteiger partial charge < -0.3 is 16.2 Å². The lowest BCUT2D eigenvalue weighted by molar-refractivity contribution is -0.131. The van der Waals surface area contributed by atoms with Crippen LogP contribution in [0.15, 0.2) is 0 Å². The molecular formula is C13H26N2O2. The first kappa shape index (κ1) is 14.5. The zero-order valence-corrected chi connectivity index (χ0v) is 11.2. The van der Waals surface area contributed by atoms with E-state index < -0.39 is 5.41 Å². The Morgan fingerprint density at radius 1 is 1.59 bits per heavy atom. The lowest BCUT2D eigenvalue weighted by atomic mass is 9.83. The number of hydrogen-bond donors (Lipinski definition) is 3. The van der Waals surface area contributed by atoms with E-state index >= 15 is 0 Å². The minimum atomic E-state index is -0.454. The summed E-state index contributed by atoms with van der Waals surface area (Å²) in [6.45, 7) is 6.09. The molecule has 1 aliphatic rings. The molecule has 100 valence electrons. The summed E-state index contributed by atoms with van der Waals surface area (Å²) in [6.07, 6.45) is 3.57. The summed E-state index contributed by atoms with van der Waals surface area (Å²) in [7, 11) is 0. The Labute approximate surface area is 104 Å². The van der Waals surface area contributed by atoms with Crippen LogP contribution in [0.4, 0.5) is 0 Å².